The Kier molecular flexibility index (Phi) is 6.84. The van der Waals surface area contributed by atoms with Gasteiger partial charge in [0.05, 0.1) is 13.7 Å². The molecule has 0 spiro atoms. The second-order valence-corrected chi connectivity index (χ2v) is 9.82. The van der Waals surface area contributed by atoms with Gasteiger partial charge in [0.2, 0.25) is 0 Å². The zero-order valence-electron chi connectivity index (χ0n) is 21.8. The van der Waals surface area contributed by atoms with Crippen molar-refractivity contribution in [2.24, 2.45) is 0 Å². The van der Waals surface area contributed by atoms with Crippen molar-refractivity contribution in [1.29, 1.82) is 0 Å². The molecule has 0 atom stereocenters. The lowest BCUT2D eigenvalue weighted by Crippen LogP contribution is -2.48. The van der Waals surface area contributed by atoms with Gasteiger partial charge < -0.3 is 14.2 Å². The number of carbonyl (C=O) groups excluding carboxylic acids is 1. The second kappa shape index (κ2) is 10.2. The topological polar surface area (TPSA) is 37.7 Å². The van der Waals surface area contributed by atoms with E-state index < -0.39 is 0 Å². The Bertz CT molecular complexity index is 1380. The largest absolute Gasteiger partial charge is 0.497 e. The predicted molar refractivity (Wildman–Crippen MR) is 148 cm³/mol. The van der Waals surface area contributed by atoms with Crippen LogP contribution in [0.15, 0.2) is 66.7 Å². The predicted octanol–water partition coefficient (Wildman–Crippen LogP) is 5.63. The summed E-state index contributed by atoms with van der Waals surface area (Å²) in [5, 5.41) is 0.974. The maximum Gasteiger partial charge on any atom is 0.179 e. The Morgan fingerprint density at radius 1 is 0.889 bits per heavy atom. The highest BCUT2D eigenvalue weighted by molar-refractivity contribution is 6.10. The summed E-state index contributed by atoms with van der Waals surface area (Å²) < 4.78 is 7.77. The molecule has 2 heterocycles. The first kappa shape index (κ1) is 24.1. The van der Waals surface area contributed by atoms with Crippen molar-refractivity contribution in [1.82, 2.24) is 9.47 Å². The highest BCUT2D eigenvalue weighted by atomic mass is 16.5. The lowest BCUT2D eigenvalue weighted by molar-refractivity contribution is 0.0927. The molecule has 1 saturated heterocycles. The van der Waals surface area contributed by atoms with Crippen molar-refractivity contribution >= 4 is 22.4 Å². The molecule has 0 saturated carbocycles. The van der Waals surface area contributed by atoms with Crippen LogP contribution < -0.4 is 9.64 Å². The molecule has 1 fully saturated rings. The van der Waals surface area contributed by atoms with Gasteiger partial charge in [0, 0.05) is 60.6 Å². The Morgan fingerprint density at radius 3 is 2.36 bits per heavy atom. The molecule has 0 radical (unpaired) electrons. The van der Waals surface area contributed by atoms with Crippen LogP contribution in [0.5, 0.6) is 5.75 Å². The second-order valence-electron chi connectivity index (χ2n) is 9.82. The zero-order chi connectivity index (χ0) is 25.2. The lowest BCUT2D eigenvalue weighted by Gasteiger charge is -2.36. The number of ketones is 1. The first-order valence-corrected chi connectivity index (χ1v) is 12.7. The molecule has 4 aromatic rings. The summed E-state index contributed by atoms with van der Waals surface area (Å²) in [4.78, 5) is 18.5. The molecule has 1 aliphatic heterocycles. The molecular weight excluding hydrogens is 446 g/mol. The Hall–Kier alpha value is -3.57. The number of anilines is 1. The van der Waals surface area contributed by atoms with Gasteiger partial charge in [-0.05, 0) is 61.7 Å². The van der Waals surface area contributed by atoms with Gasteiger partial charge in [-0.2, -0.15) is 0 Å². The molecule has 0 amide bonds. The number of benzene rings is 3. The Morgan fingerprint density at radius 2 is 1.64 bits per heavy atom. The van der Waals surface area contributed by atoms with Crippen LogP contribution in [0.4, 0.5) is 5.69 Å². The van der Waals surface area contributed by atoms with E-state index in [2.05, 4.69) is 83.7 Å². The number of fused-ring (bicyclic) bond motifs is 1. The lowest BCUT2D eigenvalue weighted by atomic mass is 10.0. The van der Waals surface area contributed by atoms with Crippen LogP contribution in [-0.2, 0) is 6.54 Å². The van der Waals surface area contributed by atoms with E-state index in [-0.39, 0.29) is 5.78 Å². The smallest absolute Gasteiger partial charge is 0.179 e. The number of nitrogens with zero attached hydrogens (tertiary/aromatic N) is 3. The van der Waals surface area contributed by atoms with Crippen molar-refractivity contribution in [3.63, 3.8) is 0 Å². The van der Waals surface area contributed by atoms with Crippen LogP contribution >= 0.6 is 0 Å². The number of piperazine rings is 1. The third-order valence-electron chi connectivity index (χ3n) is 7.65. The van der Waals surface area contributed by atoms with Crippen molar-refractivity contribution in [3.05, 3.63) is 94.7 Å². The molecule has 5 heteroatoms. The summed E-state index contributed by atoms with van der Waals surface area (Å²) in [6.45, 7) is 11.2. The summed E-state index contributed by atoms with van der Waals surface area (Å²) in [6.07, 6.45) is 0. The van der Waals surface area contributed by atoms with Crippen LogP contribution in [-0.4, -0.2) is 55.1 Å². The molecule has 5 nitrogen and oxygen atoms in total. The molecule has 1 aromatic heterocycles. The molecule has 0 N–H and O–H groups in total. The molecule has 186 valence electrons. The highest BCUT2D eigenvalue weighted by Crippen LogP contribution is 2.31. The number of carbonyl (C=O) groups is 1. The van der Waals surface area contributed by atoms with E-state index in [9.17, 15) is 4.79 Å². The van der Waals surface area contributed by atoms with Crippen molar-refractivity contribution < 1.29 is 9.53 Å². The molecular formula is C31H35N3O2. The van der Waals surface area contributed by atoms with Gasteiger partial charge in [-0.25, -0.2) is 0 Å². The van der Waals surface area contributed by atoms with E-state index in [1.165, 1.54) is 22.4 Å². The highest BCUT2D eigenvalue weighted by Gasteiger charge is 2.25. The number of ether oxygens (including phenoxy) is 1. The third kappa shape index (κ3) is 4.63. The maximum absolute atomic E-state index is 13.8. The van der Waals surface area contributed by atoms with E-state index >= 15 is 0 Å². The molecule has 3 aromatic carbocycles. The SMILES string of the molecule is COc1ccc2c(c1)c(C(=O)CN1CCN(c3cccc(C)c3C)CC1)c(C)n2Cc1ccccc1. The van der Waals surface area contributed by atoms with E-state index in [0.717, 1.165) is 60.6 Å². The summed E-state index contributed by atoms with van der Waals surface area (Å²) in [5.41, 5.74) is 8.10. The summed E-state index contributed by atoms with van der Waals surface area (Å²) >= 11 is 0. The summed E-state index contributed by atoms with van der Waals surface area (Å²) in [7, 11) is 1.67. The molecule has 1 aliphatic rings. The third-order valence-corrected chi connectivity index (χ3v) is 7.65. The average Bonchev–Trinajstić information content (AvgIpc) is 3.17. The number of aromatic nitrogens is 1. The fraction of sp³-hybridized carbons (Fsp3) is 0.323. The number of hydrogen-bond donors (Lipinski definition) is 0. The van der Waals surface area contributed by atoms with E-state index in [0.29, 0.717) is 6.54 Å². The number of hydrogen-bond acceptors (Lipinski definition) is 4. The minimum absolute atomic E-state index is 0.178. The van der Waals surface area contributed by atoms with Gasteiger partial charge in [-0.15, -0.1) is 0 Å². The molecule has 36 heavy (non-hydrogen) atoms. The normalized spacial score (nSPS) is 14.4. The van der Waals surface area contributed by atoms with Crippen LogP contribution in [0.25, 0.3) is 10.9 Å². The van der Waals surface area contributed by atoms with Crippen molar-refractivity contribution in [2.75, 3.05) is 44.7 Å². The van der Waals surface area contributed by atoms with Gasteiger partial charge in [0.1, 0.15) is 5.75 Å². The number of aryl methyl sites for hydroxylation is 1. The maximum atomic E-state index is 13.8. The Balaban J connectivity index is 1.38. The monoisotopic (exact) mass is 481 g/mol. The Labute approximate surface area is 213 Å². The minimum Gasteiger partial charge on any atom is -0.497 e. The minimum atomic E-state index is 0.178. The molecule has 5 rings (SSSR count). The van der Waals surface area contributed by atoms with Gasteiger partial charge in [-0.3, -0.25) is 9.69 Å². The number of methoxy groups -OCH3 is 1. The number of rotatable bonds is 7. The van der Waals surface area contributed by atoms with E-state index in [4.69, 9.17) is 4.74 Å². The van der Waals surface area contributed by atoms with Crippen LogP contribution in [0.3, 0.4) is 0 Å². The van der Waals surface area contributed by atoms with Gasteiger partial charge >= 0.3 is 0 Å². The van der Waals surface area contributed by atoms with Gasteiger partial charge in [0.25, 0.3) is 0 Å². The molecule has 0 aliphatic carbocycles. The first-order valence-electron chi connectivity index (χ1n) is 12.7. The standard InChI is InChI=1S/C31H35N3O2/c1-22-9-8-12-28(23(22)2)33-17-15-32(16-18-33)21-30(35)31-24(3)34(20-25-10-6-5-7-11-25)29-14-13-26(36-4)19-27(29)31/h5-14,19H,15-18,20-21H2,1-4H3. The van der Waals surface area contributed by atoms with E-state index in [1.54, 1.807) is 7.11 Å². The molecule has 0 unspecified atom stereocenters. The fourth-order valence-corrected chi connectivity index (χ4v) is 5.42. The summed E-state index contributed by atoms with van der Waals surface area (Å²) in [5.74, 6) is 0.952. The van der Waals surface area contributed by atoms with Gasteiger partial charge in [-0.1, -0.05) is 42.5 Å². The first-order chi connectivity index (χ1) is 17.5. The number of Topliss-reactive ketones (excluding diaryl/α,β-unsaturated/α-hetero) is 1. The van der Waals surface area contributed by atoms with Crippen LogP contribution in [0.1, 0.15) is 32.7 Å². The van der Waals surface area contributed by atoms with Gasteiger partial charge in [0.15, 0.2) is 5.78 Å². The zero-order valence-corrected chi connectivity index (χ0v) is 21.8. The molecule has 0 bridgehead atoms. The van der Waals surface area contributed by atoms with Crippen LogP contribution in [0.2, 0.25) is 0 Å². The van der Waals surface area contributed by atoms with Crippen molar-refractivity contribution in [3.8, 4) is 5.75 Å². The van der Waals surface area contributed by atoms with Crippen molar-refractivity contribution in [2.45, 2.75) is 27.3 Å². The summed E-state index contributed by atoms with van der Waals surface area (Å²) in [6, 6.07) is 23.0. The fourth-order valence-electron chi connectivity index (χ4n) is 5.42. The quantitative estimate of drug-likeness (QED) is 0.321. The van der Waals surface area contributed by atoms with E-state index in [1.807, 2.05) is 18.2 Å². The average molecular weight is 482 g/mol. The van der Waals surface area contributed by atoms with Crippen LogP contribution in [0, 0.1) is 20.8 Å².